The molecule has 2 aromatic rings. The Hall–Kier alpha value is -0.930. The van der Waals surface area contributed by atoms with Gasteiger partial charge >= 0.3 is 0 Å². The average molecular weight is 232 g/mol. The third kappa shape index (κ3) is 1.97. The van der Waals surface area contributed by atoms with Crippen LogP contribution in [0.4, 0.5) is 0 Å². The van der Waals surface area contributed by atoms with Gasteiger partial charge in [-0.05, 0) is 50.0 Å². The zero-order valence-electron chi connectivity index (χ0n) is 9.49. The van der Waals surface area contributed by atoms with E-state index in [0.717, 1.165) is 24.4 Å². The highest BCUT2D eigenvalue weighted by molar-refractivity contribution is 7.18. The predicted molar refractivity (Wildman–Crippen MR) is 69.0 cm³/mol. The second-order valence-corrected chi connectivity index (χ2v) is 5.76. The molecule has 1 aromatic carbocycles. The molecule has 1 N–H and O–H groups in total. The Balaban J connectivity index is 1.86. The quantitative estimate of drug-likeness (QED) is 0.861. The van der Waals surface area contributed by atoms with Gasteiger partial charge in [-0.25, -0.2) is 4.98 Å². The fourth-order valence-corrected chi connectivity index (χ4v) is 3.48. The van der Waals surface area contributed by atoms with Gasteiger partial charge in [-0.1, -0.05) is 6.07 Å². The molecule has 1 aliphatic heterocycles. The largest absolute Gasteiger partial charge is 0.316 e. The molecule has 1 aromatic heterocycles. The Labute approximate surface area is 99.7 Å². The molecule has 1 atom stereocenters. The Morgan fingerprint density at radius 2 is 2.44 bits per heavy atom. The number of nitrogens with zero attached hydrogens (tertiary/aromatic N) is 1. The van der Waals surface area contributed by atoms with Crippen LogP contribution in [0.15, 0.2) is 18.2 Å². The van der Waals surface area contributed by atoms with Gasteiger partial charge in [-0.3, -0.25) is 0 Å². The van der Waals surface area contributed by atoms with Gasteiger partial charge in [-0.15, -0.1) is 11.3 Å². The zero-order chi connectivity index (χ0) is 11.0. The number of rotatable bonds is 2. The first kappa shape index (κ1) is 10.2. The third-order valence-electron chi connectivity index (χ3n) is 3.21. The van der Waals surface area contributed by atoms with Crippen molar-refractivity contribution >= 4 is 21.6 Å². The molecule has 1 saturated heterocycles. The van der Waals surface area contributed by atoms with Crippen LogP contribution in [0.5, 0.6) is 0 Å². The fourth-order valence-electron chi connectivity index (χ4n) is 2.30. The van der Waals surface area contributed by atoms with Crippen LogP contribution in [0.25, 0.3) is 10.2 Å². The van der Waals surface area contributed by atoms with Crippen LogP contribution in [0, 0.1) is 12.8 Å². The van der Waals surface area contributed by atoms with Crippen molar-refractivity contribution in [3.8, 4) is 0 Å². The topological polar surface area (TPSA) is 24.9 Å². The van der Waals surface area contributed by atoms with E-state index in [0.29, 0.717) is 0 Å². The molecule has 84 valence electrons. The van der Waals surface area contributed by atoms with Crippen LogP contribution in [-0.4, -0.2) is 18.1 Å². The van der Waals surface area contributed by atoms with Crippen molar-refractivity contribution in [1.82, 2.24) is 10.3 Å². The molecule has 3 rings (SSSR count). The van der Waals surface area contributed by atoms with E-state index in [2.05, 4.69) is 30.4 Å². The number of hydrogen-bond donors (Lipinski definition) is 1. The van der Waals surface area contributed by atoms with Gasteiger partial charge in [-0.2, -0.15) is 0 Å². The van der Waals surface area contributed by atoms with E-state index in [1.54, 1.807) is 0 Å². The minimum Gasteiger partial charge on any atom is -0.316 e. The van der Waals surface area contributed by atoms with E-state index < -0.39 is 0 Å². The molecule has 1 aliphatic rings. The maximum Gasteiger partial charge on any atom is 0.0941 e. The van der Waals surface area contributed by atoms with Gasteiger partial charge in [0.15, 0.2) is 0 Å². The van der Waals surface area contributed by atoms with Crippen LogP contribution in [-0.2, 0) is 6.42 Å². The molecule has 0 amide bonds. The van der Waals surface area contributed by atoms with Gasteiger partial charge in [0, 0.05) is 6.42 Å². The first-order valence-electron chi connectivity index (χ1n) is 5.88. The molecular weight excluding hydrogens is 216 g/mol. The monoisotopic (exact) mass is 232 g/mol. The van der Waals surface area contributed by atoms with Crippen molar-refractivity contribution in [3.63, 3.8) is 0 Å². The van der Waals surface area contributed by atoms with Crippen LogP contribution in [0.1, 0.15) is 17.0 Å². The third-order valence-corrected chi connectivity index (χ3v) is 4.25. The smallest absolute Gasteiger partial charge is 0.0941 e. The molecule has 0 saturated carbocycles. The van der Waals surface area contributed by atoms with Crippen LogP contribution in [0.3, 0.4) is 0 Å². The van der Waals surface area contributed by atoms with Gasteiger partial charge in [0.2, 0.25) is 0 Å². The maximum atomic E-state index is 4.71. The van der Waals surface area contributed by atoms with Crippen molar-refractivity contribution in [2.45, 2.75) is 19.8 Å². The Morgan fingerprint density at radius 1 is 1.50 bits per heavy atom. The summed E-state index contributed by atoms with van der Waals surface area (Å²) in [5.74, 6) is 0.793. The summed E-state index contributed by atoms with van der Waals surface area (Å²) in [6.07, 6.45) is 2.44. The number of aromatic nitrogens is 1. The SMILES string of the molecule is Cc1ccc2nc(CC3CCNC3)sc2c1. The van der Waals surface area contributed by atoms with Gasteiger partial charge < -0.3 is 5.32 Å². The van der Waals surface area contributed by atoms with Crippen LogP contribution in [0.2, 0.25) is 0 Å². The highest BCUT2D eigenvalue weighted by atomic mass is 32.1. The lowest BCUT2D eigenvalue weighted by molar-refractivity contribution is 0.579. The summed E-state index contributed by atoms with van der Waals surface area (Å²) in [7, 11) is 0. The second-order valence-electron chi connectivity index (χ2n) is 4.64. The summed E-state index contributed by atoms with van der Waals surface area (Å²) in [6.45, 7) is 4.48. The van der Waals surface area contributed by atoms with Crippen molar-refractivity contribution in [2.24, 2.45) is 5.92 Å². The predicted octanol–water partition coefficient (Wildman–Crippen LogP) is 2.76. The van der Waals surface area contributed by atoms with Gasteiger partial charge in [0.05, 0.1) is 15.2 Å². The summed E-state index contributed by atoms with van der Waals surface area (Å²) < 4.78 is 1.33. The van der Waals surface area contributed by atoms with Crippen LogP contribution < -0.4 is 5.32 Å². The minimum absolute atomic E-state index is 0.793. The summed E-state index contributed by atoms with van der Waals surface area (Å²) in [5, 5.41) is 4.71. The zero-order valence-corrected chi connectivity index (χ0v) is 10.3. The van der Waals surface area contributed by atoms with Gasteiger partial charge in [0.25, 0.3) is 0 Å². The molecular formula is C13H16N2S. The van der Waals surface area contributed by atoms with Crippen molar-refractivity contribution < 1.29 is 0 Å². The highest BCUT2D eigenvalue weighted by Gasteiger charge is 2.16. The number of thiazole rings is 1. The lowest BCUT2D eigenvalue weighted by Crippen LogP contribution is -2.10. The number of nitrogens with one attached hydrogen (secondary N) is 1. The number of fused-ring (bicyclic) bond motifs is 1. The molecule has 1 unspecified atom stereocenters. The van der Waals surface area contributed by atoms with Crippen molar-refractivity contribution in [1.29, 1.82) is 0 Å². The van der Waals surface area contributed by atoms with E-state index in [4.69, 9.17) is 4.98 Å². The summed E-state index contributed by atoms with van der Waals surface area (Å²) in [6, 6.07) is 6.52. The standard InChI is InChI=1S/C13H16N2S/c1-9-2-3-11-12(6-9)16-13(15-11)7-10-4-5-14-8-10/h2-3,6,10,14H,4-5,7-8H2,1H3. The molecule has 0 radical (unpaired) electrons. The summed E-state index contributed by atoms with van der Waals surface area (Å²) >= 11 is 1.86. The average Bonchev–Trinajstić information content (AvgIpc) is 2.86. The molecule has 3 heteroatoms. The molecule has 0 aliphatic carbocycles. The summed E-state index contributed by atoms with van der Waals surface area (Å²) in [5.41, 5.74) is 2.49. The Morgan fingerprint density at radius 3 is 3.25 bits per heavy atom. The van der Waals surface area contributed by atoms with Gasteiger partial charge in [0.1, 0.15) is 0 Å². The molecule has 2 nitrogen and oxygen atoms in total. The Kier molecular flexibility index (Phi) is 2.65. The maximum absolute atomic E-state index is 4.71. The van der Waals surface area contributed by atoms with E-state index in [1.807, 2.05) is 11.3 Å². The van der Waals surface area contributed by atoms with E-state index >= 15 is 0 Å². The minimum atomic E-state index is 0.793. The van der Waals surface area contributed by atoms with Crippen LogP contribution >= 0.6 is 11.3 Å². The lowest BCUT2D eigenvalue weighted by atomic mass is 10.1. The number of aryl methyl sites for hydroxylation is 1. The second kappa shape index (κ2) is 4.15. The first-order chi connectivity index (χ1) is 7.81. The highest BCUT2D eigenvalue weighted by Crippen LogP contribution is 2.26. The molecule has 0 spiro atoms. The number of benzene rings is 1. The number of hydrogen-bond acceptors (Lipinski definition) is 3. The molecule has 0 bridgehead atoms. The lowest BCUT2D eigenvalue weighted by Gasteiger charge is -2.03. The first-order valence-corrected chi connectivity index (χ1v) is 6.70. The fraction of sp³-hybridized carbons (Fsp3) is 0.462. The van der Waals surface area contributed by atoms with Crippen molar-refractivity contribution in [3.05, 3.63) is 28.8 Å². The normalized spacial score (nSPS) is 20.7. The summed E-state index contributed by atoms with van der Waals surface area (Å²) in [4.78, 5) is 4.71. The van der Waals surface area contributed by atoms with E-state index in [9.17, 15) is 0 Å². The van der Waals surface area contributed by atoms with E-state index in [1.165, 1.54) is 28.2 Å². The van der Waals surface area contributed by atoms with Crippen molar-refractivity contribution in [2.75, 3.05) is 13.1 Å². The van der Waals surface area contributed by atoms with E-state index in [-0.39, 0.29) is 0 Å². The molecule has 2 heterocycles. The Bertz CT molecular complexity index is 498. The molecule has 1 fully saturated rings. The molecule has 16 heavy (non-hydrogen) atoms.